The Kier molecular flexibility index (Phi) is 3.65. The lowest BCUT2D eigenvalue weighted by molar-refractivity contribution is 0.0975. The van der Waals surface area contributed by atoms with Gasteiger partial charge in [0.15, 0.2) is 0 Å². The van der Waals surface area contributed by atoms with Crippen LogP contribution in [-0.2, 0) is 6.42 Å². The summed E-state index contributed by atoms with van der Waals surface area (Å²) in [7, 11) is 1.67. The van der Waals surface area contributed by atoms with Crippen molar-refractivity contribution in [2.45, 2.75) is 25.8 Å². The first kappa shape index (κ1) is 13.7. The van der Waals surface area contributed by atoms with Crippen LogP contribution in [0.15, 0.2) is 48.5 Å². The van der Waals surface area contributed by atoms with Gasteiger partial charge in [0.05, 0.1) is 7.11 Å². The van der Waals surface area contributed by atoms with Crippen LogP contribution in [0.25, 0.3) is 0 Å². The maximum Gasteiger partial charge on any atom is 0.258 e. The molecule has 0 radical (unpaired) electrons. The maximum atomic E-state index is 12.8. The largest absolute Gasteiger partial charge is 0.497 e. The van der Waals surface area contributed by atoms with Crippen LogP contribution in [0.5, 0.6) is 5.75 Å². The van der Waals surface area contributed by atoms with Gasteiger partial charge >= 0.3 is 0 Å². The average Bonchev–Trinajstić information content (AvgIpc) is 2.54. The molecule has 0 saturated carbocycles. The molecule has 1 aliphatic rings. The summed E-state index contributed by atoms with van der Waals surface area (Å²) in [4.78, 5) is 14.7. The molecule has 108 valence electrons. The zero-order valence-electron chi connectivity index (χ0n) is 12.4. The van der Waals surface area contributed by atoms with E-state index in [1.165, 1.54) is 5.56 Å². The lowest BCUT2D eigenvalue weighted by Crippen LogP contribution is -2.42. The van der Waals surface area contributed by atoms with Crippen LogP contribution in [-0.4, -0.2) is 19.1 Å². The normalized spacial score (nSPS) is 17.2. The van der Waals surface area contributed by atoms with Crippen molar-refractivity contribution in [3.05, 3.63) is 59.7 Å². The highest BCUT2D eigenvalue weighted by molar-refractivity contribution is 6.07. The molecule has 1 aliphatic heterocycles. The standard InChI is InChI=1S/C18H19NO2/c1-13-8-9-15-12-16(21-2)10-11-17(15)19(13)18(20)14-6-4-3-5-7-14/h3-7,10-13H,8-9H2,1-2H3/t13-/m0/s1. The predicted octanol–water partition coefficient (Wildman–Crippen LogP) is 3.68. The smallest absolute Gasteiger partial charge is 0.258 e. The molecule has 1 atom stereocenters. The minimum absolute atomic E-state index is 0.0641. The summed E-state index contributed by atoms with van der Waals surface area (Å²) in [5.41, 5.74) is 2.91. The Hall–Kier alpha value is -2.29. The molecular formula is C18H19NO2. The summed E-state index contributed by atoms with van der Waals surface area (Å²) in [5.74, 6) is 0.907. The van der Waals surface area contributed by atoms with E-state index in [1.54, 1.807) is 7.11 Å². The van der Waals surface area contributed by atoms with Crippen molar-refractivity contribution in [3.63, 3.8) is 0 Å². The van der Waals surface area contributed by atoms with Gasteiger partial charge in [-0.2, -0.15) is 0 Å². The van der Waals surface area contributed by atoms with E-state index < -0.39 is 0 Å². The number of benzene rings is 2. The number of aryl methyl sites for hydroxylation is 1. The molecule has 2 aromatic carbocycles. The van der Waals surface area contributed by atoms with E-state index >= 15 is 0 Å². The Bertz CT molecular complexity index is 652. The van der Waals surface area contributed by atoms with Crippen LogP contribution in [0.4, 0.5) is 5.69 Å². The van der Waals surface area contributed by atoms with E-state index in [0.717, 1.165) is 29.8 Å². The Labute approximate surface area is 125 Å². The zero-order valence-corrected chi connectivity index (χ0v) is 12.4. The number of carbonyl (C=O) groups excluding carboxylic acids is 1. The number of carbonyl (C=O) groups is 1. The second-order valence-electron chi connectivity index (χ2n) is 5.42. The van der Waals surface area contributed by atoms with E-state index in [0.29, 0.717) is 0 Å². The average molecular weight is 281 g/mol. The minimum atomic E-state index is 0.0641. The Morgan fingerprint density at radius 1 is 1.19 bits per heavy atom. The first-order valence-corrected chi connectivity index (χ1v) is 7.26. The summed E-state index contributed by atoms with van der Waals surface area (Å²) >= 11 is 0. The van der Waals surface area contributed by atoms with E-state index in [2.05, 4.69) is 6.92 Å². The molecule has 0 spiro atoms. The molecule has 0 unspecified atom stereocenters. The monoisotopic (exact) mass is 281 g/mol. The van der Waals surface area contributed by atoms with Crippen molar-refractivity contribution in [2.24, 2.45) is 0 Å². The highest BCUT2D eigenvalue weighted by Crippen LogP contribution is 2.34. The van der Waals surface area contributed by atoms with Crippen molar-refractivity contribution in [1.29, 1.82) is 0 Å². The summed E-state index contributed by atoms with van der Waals surface area (Å²) in [6, 6.07) is 15.6. The fourth-order valence-electron chi connectivity index (χ4n) is 2.88. The van der Waals surface area contributed by atoms with E-state index in [-0.39, 0.29) is 11.9 Å². The van der Waals surface area contributed by atoms with Crippen molar-refractivity contribution in [3.8, 4) is 5.75 Å². The molecule has 3 nitrogen and oxygen atoms in total. The van der Waals surface area contributed by atoms with Crippen LogP contribution in [0.1, 0.15) is 29.3 Å². The second-order valence-corrected chi connectivity index (χ2v) is 5.42. The maximum absolute atomic E-state index is 12.8. The molecule has 3 rings (SSSR count). The van der Waals surface area contributed by atoms with Crippen LogP contribution < -0.4 is 9.64 Å². The Morgan fingerprint density at radius 2 is 1.95 bits per heavy atom. The number of ether oxygens (including phenoxy) is 1. The number of nitrogens with zero attached hydrogens (tertiary/aromatic N) is 1. The SMILES string of the molecule is COc1ccc2c(c1)CC[C@H](C)N2C(=O)c1ccccc1. The molecule has 3 heteroatoms. The third-order valence-electron chi connectivity index (χ3n) is 4.06. The molecule has 0 bridgehead atoms. The second kappa shape index (κ2) is 5.60. The van der Waals surface area contributed by atoms with Gasteiger partial charge in [0.1, 0.15) is 5.75 Å². The third-order valence-corrected chi connectivity index (χ3v) is 4.06. The number of anilines is 1. The lowest BCUT2D eigenvalue weighted by Gasteiger charge is -2.35. The van der Waals surface area contributed by atoms with Gasteiger partial charge in [-0.25, -0.2) is 0 Å². The quantitative estimate of drug-likeness (QED) is 0.840. The summed E-state index contributed by atoms with van der Waals surface area (Å²) < 4.78 is 5.28. The third kappa shape index (κ3) is 2.51. The van der Waals surface area contributed by atoms with E-state index in [4.69, 9.17) is 4.74 Å². The fraction of sp³-hybridized carbons (Fsp3) is 0.278. The van der Waals surface area contributed by atoms with Gasteiger partial charge in [0.2, 0.25) is 0 Å². The predicted molar refractivity (Wildman–Crippen MR) is 84.0 cm³/mol. The number of hydrogen-bond donors (Lipinski definition) is 0. The topological polar surface area (TPSA) is 29.5 Å². The zero-order chi connectivity index (χ0) is 14.8. The van der Waals surface area contributed by atoms with E-state index in [9.17, 15) is 4.79 Å². The van der Waals surface area contributed by atoms with Crippen molar-refractivity contribution >= 4 is 11.6 Å². The van der Waals surface area contributed by atoms with Gasteiger partial charge in [0.25, 0.3) is 5.91 Å². The van der Waals surface area contributed by atoms with Crippen molar-refractivity contribution in [2.75, 3.05) is 12.0 Å². The van der Waals surface area contributed by atoms with Crippen LogP contribution in [0.2, 0.25) is 0 Å². The first-order chi connectivity index (χ1) is 10.2. The Morgan fingerprint density at radius 3 is 2.67 bits per heavy atom. The number of methoxy groups -OCH3 is 1. The van der Waals surface area contributed by atoms with Crippen LogP contribution >= 0.6 is 0 Å². The van der Waals surface area contributed by atoms with Gasteiger partial charge < -0.3 is 9.64 Å². The molecule has 2 aromatic rings. The van der Waals surface area contributed by atoms with Gasteiger partial charge in [-0.15, -0.1) is 0 Å². The molecular weight excluding hydrogens is 262 g/mol. The summed E-state index contributed by atoms with van der Waals surface area (Å²) in [6.07, 6.45) is 1.95. The molecule has 1 amide bonds. The fourth-order valence-corrected chi connectivity index (χ4v) is 2.88. The lowest BCUT2D eigenvalue weighted by atomic mass is 9.95. The Balaban J connectivity index is 2.01. The van der Waals surface area contributed by atoms with Crippen molar-refractivity contribution < 1.29 is 9.53 Å². The molecule has 21 heavy (non-hydrogen) atoms. The van der Waals surface area contributed by atoms with Crippen molar-refractivity contribution in [1.82, 2.24) is 0 Å². The minimum Gasteiger partial charge on any atom is -0.497 e. The van der Waals surface area contributed by atoms with Gasteiger partial charge in [-0.1, -0.05) is 18.2 Å². The molecule has 0 aromatic heterocycles. The summed E-state index contributed by atoms with van der Waals surface area (Å²) in [6.45, 7) is 2.11. The molecule has 1 heterocycles. The summed E-state index contributed by atoms with van der Waals surface area (Å²) in [5, 5.41) is 0. The molecule has 0 fully saturated rings. The highest BCUT2D eigenvalue weighted by Gasteiger charge is 2.29. The van der Waals surface area contributed by atoms with Crippen LogP contribution in [0, 0.1) is 0 Å². The molecule has 0 saturated heterocycles. The highest BCUT2D eigenvalue weighted by atomic mass is 16.5. The number of rotatable bonds is 2. The van der Waals surface area contributed by atoms with Gasteiger partial charge in [-0.05, 0) is 55.7 Å². The van der Waals surface area contributed by atoms with E-state index in [1.807, 2.05) is 53.4 Å². The molecule has 0 N–H and O–H groups in total. The number of hydrogen-bond acceptors (Lipinski definition) is 2. The number of amides is 1. The molecule has 0 aliphatic carbocycles. The van der Waals surface area contributed by atoms with Crippen LogP contribution in [0.3, 0.4) is 0 Å². The van der Waals surface area contributed by atoms with Gasteiger partial charge in [-0.3, -0.25) is 4.79 Å². The van der Waals surface area contributed by atoms with Gasteiger partial charge in [0, 0.05) is 17.3 Å². The number of fused-ring (bicyclic) bond motifs is 1. The first-order valence-electron chi connectivity index (χ1n) is 7.26.